The number of methoxy groups -OCH3 is 1. The van der Waals surface area contributed by atoms with Gasteiger partial charge in [-0.05, 0) is 31.6 Å². The van der Waals surface area contributed by atoms with Crippen LogP contribution in [0.25, 0.3) is 5.65 Å². The average molecular weight is 318 g/mol. The highest BCUT2D eigenvalue weighted by Gasteiger charge is 2.19. The van der Waals surface area contributed by atoms with E-state index in [1.807, 2.05) is 29.7 Å². The number of rotatable bonds is 8. The molecule has 0 radical (unpaired) electrons. The molecule has 0 spiro atoms. The predicted molar refractivity (Wildman–Crippen MR) is 91.2 cm³/mol. The predicted octanol–water partition coefficient (Wildman–Crippen LogP) is 1.98. The summed E-state index contributed by atoms with van der Waals surface area (Å²) in [6.45, 7) is 9.69. The van der Waals surface area contributed by atoms with Crippen molar-refractivity contribution in [3.05, 3.63) is 29.7 Å². The van der Waals surface area contributed by atoms with Crippen LogP contribution in [0, 0.1) is 0 Å². The van der Waals surface area contributed by atoms with E-state index in [0.29, 0.717) is 30.1 Å². The van der Waals surface area contributed by atoms with Crippen molar-refractivity contribution in [2.75, 3.05) is 33.3 Å². The summed E-state index contributed by atoms with van der Waals surface area (Å²) in [5.74, 6) is 0.583. The monoisotopic (exact) mass is 318 g/mol. The number of nitrogens with zero attached hydrogens (tertiary/aromatic N) is 3. The number of amides is 1. The normalized spacial score (nSPS) is 11.2. The minimum Gasteiger partial charge on any atom is -0.493 e. The molecule has 6 nitrogen and oxygen atoms in total. The maximum atomic E-state index is 12.6. The van der Waals surface area contributed by atoms with Crippen LogP contribution < -0.4 is 10.1 Å². The summed E-state index contributed by atoms with van der Waals surface area (Å²) in [6.07, 6.45) is 2.55. The van der Waals surface area contributed by atoms with E-state index >= 15 is 0 Å². The molecule has 2 heterocycles. The Morgan fingerprint density at radius 3 is 2.70 bits per heavy atom. The highest BCUT2D eigenvalue weighted by atomic mass is 16.5. The topological polar surface area (TPSA) is 58.9 Å². The van der Waals surface area contributed by atoms with Crippen LogP contribution in [-0.4, -0.2) is 53.5 Å². The van der Waals surface area contributed by atoms with Crippen LogP contribution in [0.5, 0.6) is 5.75 Å². The van der Waals surface area contributed by atoms with E-state index < -0.39 is 0 Å². The number of fused-ring (bicyclic) bond motifs is 1. The molecule has 0 aliphatic heterocycles. The number of aryl methyl sites for hydroxylation is 1. The molecule has 0 saturated heterocycles. The van der Waals surface area contributed by atoms with E-state index in [2.05, 4.69) is 29.0 Å². The van der Waals surface area contributed by atoms with Crippen molar-refractivity contribution in [3.8, 4) is 5.75 Å². The fourth-order valence-corrected chi connectivity index (χ4v) is 2.69. The molecule has 0 aromatic carbocycles. The van der Waals surface area contributed by atoms with Gasteiger partial charge in [0, 0.05) is 19.3 Å². The average Bonchev–Trinajstić information content (AvgIpc) is 2.97. The molecule has 2 aromatic rings. The van der Waals surface area contributed by atoms with Crippen molar-refractivity contribution in [1.29, 1.82) is 0 Å². The first-order valence-electron chi connectivity index (χ1n) is 8.20. The third-order valence-corrected chi connectivity index (χ3v) is 4.06. The Labute approximate surface area is 137 Å². The lowest BCUT2D eigenvalue weighted by atomic mass is 10.2. The molecule has 126 valence electrons. The Balaban J connectivity index is 2.22. The van der Waals surface area contributed by atoms with E-state index in [1.165, 1.54) is 0 Å². The zero-order valence-corrected chi connectivity index (χ0v) is 14.4. The van der Waals surface area contributed by atoms with Gasteiger partial charge >= 0.3 is 0 Å². The van der Waals surface area contributed by atoms with Gasteiger partial charge < -0.3 is 15.0 Å². The summed E-state index contributed by atoms with van der Waals surface area (Å²) in [5.41, 5.74) is 2.07. The largest absolute Gasteiger partial charge is 0.493 e. The number of aromatic nitrogens is 2. The molecule has 0 unspecified atom stereocenters. The first kappa shape index (κ1) is 17.3. The van der Waals surface area contributed by atoms with Crippen LogP contribution in [0.2, 0.25) is 0 Å². The minimum absolute atomic E-state index is 0.0882. The van der Waals surface area contributed by atoms with Gasteiger partial charge in [0.25, 0.3) is 5.91 Å². The van der Waals surface area contributed by atoms with Crippen molar-refractivity contribution in [2.45, 2.75) is 27.2 Å². The third kappa shape index (κ3) is 3.64. The highest BCUT2D eigenvalue weighted by molar-refractivity contribution is 5.95. The maximum Gasteiger partial charge on any atom is 0.270 e. The number of pyridine rings is 1. The highest BCUT2D eigenvalue weighted by Crippen LogP contribution is 2.22. The second-order valence-electron chi connectivity index (χ2n) is 5.31. The van der Waals surface area contributed by atoms with Gasteiger partial charge in [-0.2, -0.15) is 0 Å². The van der Waals surface area contributed by atoms with Gasteiger partial charge in [0.15, 0.2) is 11.4 Å². The Kier molecular flexibility index (Phi) is 5.98. The molecular weight excluding hydrogens is 292 g/mol. The lowest BCUT2D eigenvalue weighted by Crippen LogP contribution is -2.35. The summed E-state index contributed by atoms with van der Waals surface area (Å²) in [4.78, 5) is 19.5. The van der Waals surface area contributed by atoms with Gasteiger partial charge in [0.2, 0.25) is 0 Å². The van der Waals surface area contributed by atoms with Gasteiger partial charge in [-0.3, -0.25) is 9.20 Å². The number of carbonyl (C=O) groups is 1. The standard InChI is InChI=1S/C17H26N4O2/c1-5-13-15(17(22)18-10-12-20(6-2)7-3)21-11-8-9-14(23-4)16(21)19-13/h8-9,11H,5-7,10,12H2,1-4H3,(H,18,22). The molecule has 0 fully saturated rings. The first-order valence-corrected chi connectivity index (χ1v) is 8.20. The number of nitrogens with one attached hydrogen (secondary N) is 1. The van der Waals surface area contributed by atoms with E-state index in [0.717, 1.165) is 25.3 Å². The second kappa shape index (κ2) is 7.97. The Hall–Kier alpha value is -2.08. The summed E-state index contributed by atoms with van der Waals surface area (Å²) in [5, 5.41) is 3.01. The Morgan fingerprint density at radius 2 is 2.09 bits per heavy atom. The summed E-state index contributed by atoms with van der Waals surface area (Å²) < 4.78 is 7.15. The van der Waals surface area contributed by atoms with E-state index in [9.17, 15) is 4.79 Å². The minimum atomic E-state index is -0.0882. The fourth-order valence-electron chi connectivity index (χ4n) is 2.69. The summed E-state index contributed by atoms with van der Waals surface area (Å²) >= 11 is 0. The molecule has 0 bridgehead atoms. The van der Waals surface area contributed by atoms with Crippen molar-refractivity contribution in [3.63, 3.8) is 0 Å². The van der Waals surface area contributed by atoms with Crippen molar-refractivity contribution in [2.24, 2.45) is 0 Å². The number of hydrogen-bond donors (Lipinski definition) is 1. The summed E-state index contributed by atoms with van der Waals surface area (Å²) in [7, 11) is 1.61. The number of ether oxygens (including phenoxy) is 1. The Bertz CT molecular complexity index is 662. The number of hydrogen-bond acceptors (Lipinski definition) is 4. The number of imidazole rings is 1. The smallest absolute Gasteiger partial charge is 0.270 e. The zero-order valence-electron chi connectivity index (χ0n) is 14.4. The van der Waals surface area contributed by atoms with Crippen LogP contribution in [0.15, 0.2) is 18.3 Å². The number of carbonyl (C=O) groups excluding carboxylic acids is 1. The molecule has 1 amide bonds. The maximum absolute atomic E-state index is 12.6. The SMILES string of the molecule is CCc1nc2c(OC)cccn2c1C(=O)NCCN(CC)CC. The summed E-state index contributed by atoms with van der Waals surface area (Å²) in [6, 6.07) is 3.71. The van der Waals surface area contributed by atoms with Crippen LogP contribution >= 0.6 is 0 Å². The van der Waals surface area contributed by atoms with Crippen LogP contribution in [0.4, 0.5) is 0 Å². The van der Waals surface area contributed by atoms with Gasteiger partial charge in [-0.25, -0.2) is 4.98 Å². The number of likely N-dealkylation sites (N-methyl/N-ethyl adjacent to an activating group) is 1. The molecule has 0 saturated carbocycles. The van der Waals surface area contributed by atoms with E-state index in [-0.39, 0.29) is 5.91 Å². The molecule has 23 heavy (non-hydrogen) atoms. The quantitative estimate of drug-likeness (QED) is 0.808. The molecule has 0 aliphatic rings. The molecular formula is C17H26N4O2. The molecule has 0 aliphatic carbocycles. The van der Waals surface area contributed by atoms with Gasteiger partial charge in [-0.15, -0.1) is 0 Å². The van der Waals surface area contributed by atoms with E-state index in [1.54, 1.807) is 7.11 Å². The first-order chi connectivity index (χ1) is 11.2. The molecule has 1 N–H and O–H groups in total. The molecule has 6 heteroatoms. The molecule has 0 atom stereocenters. The van der Waals surface area contributed by atoms with Crippen LogP contribution in [0.1, 0.15) is 37.0 Å². The van der Waals surface area contributed by atoms with E-state index in [4.69, 9.17) is 4.74 Å². The lowest BCUT2D eigenvalue weighted by Gasteiger charge is -2.18. The van der Waals surface area contributed by atoms with Gasteiger partial charge in [-0.1, -0.05) is 20.8 Å². The van der Waals surface area contributed by atoms with Crippen molar-refractivity contribution in [1.82, 2.24) is 19.6 Å². The van der Waals surface area contributed by atoms with Crippen LogP contribution in [-0.2, 0) is 6.42 Å². The van der Waals surface area contributed by atoms with Crippen molar-refractivity contribution >= 4 is 11.6 Å². The van der Waals surface area contributed by atoms with Crippen molar-refractivity contribution < 1.29 is 9.53 Å². The zero-order chi connectivity index (χ0) is 16.8. The fraction of sp³-hybridized carbons (Fsp3) is 0.529. The molecule has 2 aromatic heterocycles. The Morgan fingerprint density at radius 1 is 1.35 bits per heavy atom. The molecule has 2 rings (SSSR count). The van der Waals surface area contributed by atoms with Crippen LogP contribution in [0.3, 0.4) is 0 Å². The lowest BCUT2D eigenvalue weighted by molar-refractivity contribution is 0.0942. The van der Waals surface area contributed by atoms with Gasteiger partial charge in [0.1, 0.15) is 5.69 Å². The second-order valence-corrected chi connectivity index (χ2v) is 5.31. The van der Waals surface area contributed by atoms with Gasteiger partial charge in [0.05, 0.1) is 12.8 Å². The third-order valence-electron chi connectivity index (χ3n) is 4.06.